The van der Waals surface area contributed by atoms with Crippen LogP contribution in [0.15, 0.2) is 18.3 Å². The van der Waals surface area contributed by atoms with Gasteiger partial charge >= 0.3 is 0 Å². The molecule has 0 amide bonds. The van der Waals surface area contributed by atoms with E-state index < -0.39 is 0 Å². The lowest BCUT2D eigenvalue weighted by Gasteiger charge is -2.31. The minimum Gasteiger partial charge on any atom is -0.391 e. The molecule has 3 N–H and O–H groups in total. The lowest BCUT2D eigenvalue weighted by atomic mass is 10.1. The Balaban J connectivity index is 2.06. The number of hydrogen-bond acceptors (Lipinski definition) is 4. The third-order valence-corrected chi connectivity index (χ3v) is 3.35. The highest BCUT2D eigenvalue weighted by atomic mass is 16.3. The number of nitrogens with zero attached hydrogens (tertiary/aromatic N) is 2. The van der Waals surface area contributed by atoms with E-state index in [0.29, 0.717) is 6.54 Å². The second-order valence-corrected chi connectivity index (χ2v) is 4.70. The van der Waals surface area contributed by atoms with Crippen molar-refractivity contribution in [3.05, 3.63) is 24.0 Å². The van der Waals surface area contributed by atoms with Gasteiger partial charge < -0.3 is 15.7 Å². The summed E-state index contributed by atoms with van der Waals surface area (Å²) in [7, 11) is 0. The Labute approximate surface area is 102 Å². The fourth-order valence-electron chi connectivity index (χ4n) is 2.20. The standard InChI is InChI=1S/C13H21N3O/c1-2-12(14)13-6-5-10(8-15-13)16-7-3-4-11(17)9-16/h5-6,8,11-12,17H,2-4,7,9,14H2,1H3/t11?,12-/m1/s1. The molecule has 2 atom stereocenters. The number of pyridine rings is 1. The number of rotatable bonds is 3. The van der Waals surface area contributed by atoms with Crippen LogP contribution in [-0.2, 0) is 0 Å². The Morgan fingerprint density at radius 2 is 2.41 bits per heavy atom. The van der Waals surface area contributed by atoms with Crippen molar-refractivity contribution in [2.75, 3.05) is 18.0 Å². The van der Waals surface area contributed by atoms with E-state index in [9.17, 15) is 5.11 Å². The van der Waals surface area contributed by atoms with Crippen LogP contribution in [0.25, 0.3) is 0 Å². The number of hydrogen-bond donors (Lipinski definition) is 2. The van der Waals surface area contributed by atoms with Crippen molar-refractivity contribution in [3.8, 4) is 0 Å². The first-order valence-corrected chi connectivity index (χ1v) is 6.35. The lowest BCUT2D eigenvalue weighted by molar-refractivity contribution is 0.154. The zero-order valence-corrected chi connectivity index (χ0v) is 10.3. The molecule has 0 radical (unpaired) electrons. The molecule has 1 unspecified atom stereocenters. The predicted molar refractivity (Wildman–Crippen MR) is 68.9 cm³/mol. The number of aliphatic hydroxyl groups is 1. The van der Waals surface area contributed by atoms with Crippen LogP contribution in [0.4, 0.5) is 5.69 Å². The van der Waals surface area contributed by atoms with Gasteiger partial charge in [-0.25, -0.2) is 0 Å². The molecule has 0 bridgehead atoms. The summed E-state index contributed by atoms with van der Waals surface area (Å²) < 4.78 is 0. The molecule has 17 heavy (non-hydrogen) atoms. The van der Waals surface area contributed by atoms with Crippen molar-refractivity contribution in [1.29, 1.82) is 0 Å². The maximum atomic E-state index is 9.64. The molecule has 0 saturated carbocycles. The van der Waals surface area contributed by atoms with Gasteiger partial charge in [-0.05, 0) is 31.4 Å². The number of nitrogens with two attached hydrogens (primary N) is 1. The maximum Gasteiger partial charge on any atom is 0.0715 e. The monoisotopic (exact) mass is 235 g/mol. The average Bonchev–Trinajstić information content (AvgIpc) is 2.38. The fraction of sp³-hybridized carbons (Fsp3) is 0.615. The molecular weight excluding hydrogens is 214 g/mol. The zero-order chi connectivity index (χ0) is 12.3. The minimum atomic E-state index is -0.207. The van der Waals surface area contributed by atoms with E-state index in [4.69, 9.17) is 5.73 Å². The molecule has 0 spiro atoms. The molecule has 1 aliphatic rings. The van der Waals surface area contributed by atoms with E-state index in [1.807, 2.05) is 12.3 Å². The van der Waals surface area contributed by atoms with Gasteiger partial charge in [0.25, 0.3) is 0 Å². The SMILES string of the molecule is CC[C@@H](N)c1ccc(N2CCCC(O)C2)cn1. The third-order valence-electron chi connectivity index (χ3n) is 3.35. The van der Waals surface area contributed by atoms with Crippen LogP contribution in [0.3, 0.4) is 0 Å². The van der Waals surface area contributed by atoms with Crippen LogP contribution in [-0.4, -0.2) is 29.3 Å². The van der Waals surface area contributed by atoms with Gasteiger partial charge in [-0.1, -0.05) is 6.92 Å². The Kier molecular flexibility index (Phi) is 3.97. The normalized spacial score (nSPS) is 22.5. The third kappa shape index (κ3) is 2.96. The summed E-state index contributed by atoms with van der Waals surface area (Å²) in [5, 5.41) is 9.64. The number of piperidine rings is 1. The highest BCUT2D eigenvalue weighted by molar-refractivity contribution is 5.45. The van der Waals surface area contributed by atoms with Crippen LogP contribution < -0.4 is 10.6 Å². The summed E-state index contributed by atoms with van der Waals surface area (Å²) in [6.07, 6.45) is 4.50. The molecule has 0 aliphatic carbocycles. The molecule has 1 aromatic rings. The van der Waals surface area contributed by atoms with Gasteiger partial charge in [-0.2, -0.15) is 0 Å². The molecule has 2 rings (SSSR count). The molecule has 0 aromatic carbocycles. The average molecular weight is 235 g/mol. The smallest absolute Gasteiger partial charge is 0.0715 e. The van der Waals surface area contributed by atoms with Crippen LogP contribution in [0.5, 0.6) is 0 Å². The molecule has 1 aromatic heterocycles. The summed E-state index contributed by atoms with van der Waals surface area (Å²) in [6.45, 7) is 3.76. The first kappa shape index (κ1) is 12.3. The number of β-amino-alcohol motifs (C(OH)–C–C–N with tert-alkyl or cyclic N) is 1. The highest BCUT2D eigenvalue weighted by Crippen LogP contribution is 2.20. The van der Waals surface area contributed by atoms with Crippen molar-refractivity contribution in [2.24, 2.45) is 5.73 Å². The van der Waals surface area contributed by atoms with Crippen LogP contribution in [0.2, 0.25) is 0 Å². The van der Waals surface area contributed by atoms with Gasteiger partial charge in [0.15, 0.2) is 0 Å². The van der Waals surface area contributed by atoms with E-state index in [1.54, 1.807) is 0 Å². The second-order valence-electron chi connectivity index (χ2n) is 4.70. The Hall–Kier alpha value is -1.13. The second kappa shape index (κ2) is 5.47. The lowest BCUT2D eigenvalue weighted by Crippen LogP contribution is -2.38. The van der Waals surface area contributed by atoms with Gasteiger partial charge in [-0.3, -0.25) is 4.98 Å². The number of aliphatic hydroxyl groups excluding tert-OH is 1. The molecule has 1 saturated heterocycles. The molecule has 94 valence electrons. The highest BCUT2D eigenvalue weighted by Gasteiger charge is 2.18. The largest absolute Gasteiger partial charge is 0.391 e. The predicted octanol–water partition coefficient (Wildman–Crippen LogP) is 1.45. The topological polar surface area (TPSA) is 62.4 Å². The summed E-state index contributed by atoms with van der Waals surface area (Å²) in [5.41, 5.74) is 7.95. The molecule has 2 heterocycles. The van der Waals surface area contributed by atoms with Crippen molar-refractivity contribution in [2.45, 2.75) is 38.3 Å². The van der Waals surface area contributed by atoms with Gasteiger partial charge in [0.05, 0.1) is 23.7 Å². The molecular formula is C13H21N3O. The van der Waals surface area contributed by atoms with E-state index in [-0.39, 0.29) is 12.1 Å². The summed E-state index contributed by atoms with van der Waals surface area (Å²) in [4.78, 5) is 6.58. The van der Waals surface area contributed by atoms with Gasteiger partial charge in [0.1, 0.15) is 0 Å². The Morgan fingerprint density at radius 1 is 1.59 bits per heavy atom. The van der Waals surface area contributed by atoms with Gasteiger partial charge in [-0.15, -0.1) is 0 Å². The summed E-state index contributed by atoms with van der Waals surface area (Å²) in [6, 6.07) is 4.07. The van der Waals surface area contributed by atoms with Gasteiger partial charge in [0.2, 0.25) is 0 Å². The van der Waals surface area contributed by atoms with E-state index in [1.165, 1.54) is 0 Å². The van der Waals surface area contributed by atoms with Crippen molar-refractivity contribution in [1.82, 2.24) is 4.98 Å². The quantitative estimate of drug-likeness (QED) is 0.832. The molecule has 4 nitrogen and oxygen atoms in total. The van der Waals surface area contributed by atoms with E-state index >= 15 is 0 Å². The van der Waals surface area contributed by atoms with Crippen LogP contribution in [0.1, 0.15) is 37.9 Å². The number of anilines is 1. The van der Waals surface area contributed by atoms with Crippen molar-refractivity contribution in [3.63, 3.8) is 0 Å². The van der Waals surface area contributed by atoms with Crippen molar-refractivity contribution >= 4 is 5.69 Å². The maximum absolute atomic E-state index is 9.64. The van der Waals surface area contributed by atoms with Gasteiger partial charge in [0, 0.05) is 19.1 Å². The van der Waals surface area contributed by atoms with E-state index in [2.05, 4.69) is 22.9 Å². The fourth-order valence-corrected chi connectivity index (χ4v) is 2.20. The Bertz CT molecular complexity index is 352. The first-order chi connectivity index (χ1) is 8.20. The first-order valence-electron chi connectivity index (χ1n) is 6.35. The minimum absolute atomic E-state index is 0.0241. The summed E-state index contributed by atoms with van der Waals surface area (Å²) >= 11 is 0. The Morgan fingerprint density at radius 3 is 3.00 bits per heavy atom. The molecule has 1 fully saturated rings. The van der Waals surface area contributed by atoms with Crippen LogP contribution >= 0.6 is 0 Å². The summed E-state index contributed by atoms with van der Waals surface area (Å²) in [5.74, 6) is 0. The molecule has 1 aliphatic heterocycles. The van der Waals surface area contributed by atoms with E-state index in [0.717, 1.165) is 37.2 Å². The molecule has 4 heteroatoms. The zero-order valence-electron chi connectivity index (χ0n) is 10.3. The number of aromatic nitrogens is 1. The van der Waals surface area contributed by atoms with Crippen molar-refractivity contribution < 1.29 is 5.11 Å². The van der Waals surface area contributed by atoms with Crippen LogP contribution in [0, 0.1) is 0 Å².